The zero-order valence-corrected chi connectivity index (χ0v) is 11.1. The number of carbonyl (C=O) groups excluding carboxylic acids is 1. The molecule has 0 aliphatic rings. The molecule has 18 heavy (non-hydrogen) atoms. The van der Waals surface area contributed by atoms with Crippen LogP contribution in [0.3, 0.4) is 0 Å². The second kappa shape index (κ2) is 4.72. The summed E-state index contributed by atoms with van der Waals surface area (Å²) in [6.45, 7) is 5.80. The average Bonchev–Trinajstić information content (AvgIpc) is 2.62. The first-order valence-corrected chi connectivity index (χ1v) is 6.00. The molecular formula is C14H18N2O2. The number of rotatable bonds is 3. The van der Waals surface area contributed by atoms with Crippen molar-refractivity contribution in [2.24, 2.45) is 0 Å². The number of amides is 1. The van der Waals surface area contributed by atoms with Crippen molar-refractivity contribution in [3.63, 3.8) is 0 Å². The van der Waals surface area contributed by atoms with Crippen LogP contribution in [0.5, 0.6) is 5.75 Å². The first-order valence-electron chi connectivity index (χ1n) is 6.00. The van der Waals surface area contributed by atoms with Gasteiger partial charge in [-0.3, -0.25) is 4.79 Å². The topological polar surface area (TPSA) is 54.1 Å². The van der Waals surface area contributed by atoms with Crippen LogP contribution in [0.15, 0.2) is 18.2 Å². The lowest BCUT2D eigenvalue weighted by Crippen LogP contribution is -2.30. The van der Waals surface area contributed by atoms with Crippen molar-refractivity contribution in [2.45, 2.75) is 26.8 Å². The molecule has 2 aromatic rings. The van der Waals surface area contributed by atoms with Crippen LogP contribution in [0.1, 0.15) is 29.9 Å². The molecule has 2 N–H and O–H groups in total. The third-order valence-corrected chi connectivity index (χ3v) is 2.84. The number of ether oxygens (including phenoxy) is 1. The molecule has 0 unspecified atom stereocenters. The summed E-state index contributed by atoms with van der Waals surface area (Å²) in [6.07, 6.45) is 0. The molecule has 96 valence electrons. The number of nitrogens with one attached hydrogen (secondary N) is 2. The predicted octanol–water partition coefficient (Wildman–Crippen LogP) is 2.62. The molecular weight excluding hydrogens is 228 g/mol. The van der Waals surface area contributed by atoms with E-state index in [2.05, 4.69) is 10.3 Å². The van der Waals surface area contributed by atoms with E-state index in [9.17, 15) is 4.79 Å². The fraction of sp³-hybridized carbons (Fsp3) is 0.357. The maximum atomic E-state index is 12.2. The Morgan fingerprint density at radius 3 is 2.72 bits per heavy atom. The number of fused-ring (bicyclic) bond motifs is 1. The highest BCUT2D eigenvalue weighted by molar-refractivity contribution is 6.08. The molecule has 0 radical (unpaired) electrons. The van der Waals surface area contributed by atoms with E-state index < -0.39 is 0 Å². The van der Waals surface area contributed by atoms with Crippen LogP contribution in [0.2, 0.25) is 0 Å². The SMILES string of the molecule is COc1ccc2[nH]c(C)c(C(=O)NC(C)C)c2c1. The Balaban J connectivity index is 2.54. The summed E-state index contributed by atoms with van der Waals surface area (Å²) in [5, 5.41) is 3.81. The molecule has 1 heterocycles. The van der Waals surface area contributed by atoms with E-state index in [4.69, 9.17) is 4.74 Å². The Morgan fingerprint density at radius 2 is 2.11 bits per heavy atom. The number of carbonyl (C=O) groups is 1. The van der Waals surface area contributed by atoms with Crippen LogP contribution >= 0.6 is 0 Å². The van der Waals surface area contributed by atoms with Gasteiger partial charge in [-0.15, -0.1) is 0 Å². The fourth-order valence-corrected chi connectivity index (χ4v) is 2.06. The molecule has 1 amide bonds. The van der Waals surface area contributed by atoms with E-state index in [0.717, 1.165) is 22.3 Å². The average molecular weight is 246 g/mol. The number of aromatic nitrogens is 1. The van der Waals surface area contributed by atoms with Crippen molar-refractivity contribution in [1.29, 1.82) is 0 Å². The molecule has 0 bridgehead atoms. The summed E-state index contributed by atoms with van der Waals surface area (Å²) in [6, 6.07) is 5.80. The molecule has 0 fully saturated rings. The van der Waals surface area contributed by atoms with E-state index >= 15 is 0 Å². The van der Waals surface area contributed by atoms with Crippen molar-refractivity contribution in [1.82, 2.24) is 10.3 Å². The van der Waals surface area contributed by atoms with Gasteiger partial charge in [0, 0.05) is 22.6 Å². The minimum absolute atomic E-state index is 0.0537. The van der Waals surface area contributed by atoms with Gasteiger partial charge in [0.2, 0.25) is 0 Å². The predicted molar refractivity (Wildman–Crippen MR) is 72.2 cm³/mol. The van der Waals surface area contributed by atoms with Crippen LogP contribution in [-0.2, 0) is 0 Å². The Bertz CT molecular complexity index is 585. The number of hydrogen-bond acceptors (Lipinski definition) is 2. The van der Waals surface area contributed by atoms with E-state index in [0.29, 0.717) is 5.56 Å². The van der Waals surface area contributed by atoms with Crippen molar-refractivity contribution < 1.29 is 9.53 Å². The molecule has 4 heteroatoms. The summed E-state index contributed by atoms with van der Waals surface area (Å²) < 4.78 is 5.20. The summed E-state index contributed by atoms with van der Waals surface area (Å²) in [7, 11) is 1.62. The lowest BCUT2D eigenvalue weighted by molar-refractivity contribution is 0.0944. The van der Waals surface area contributed by atoms with Crippen molar-refractivity contribution >= 4 is 16.8 Å². The maximum absolute atomic E-state index is 12.2. The quantitative estimate of drug-likeness (QED) is 0.874. The van der Waals surface area contributed by atoms with Crippen LogP contribution in [-0.4, -0.2) is 24.0 Å². The van der Waals surface area contributed by atoms with Gasteiger partial charge in [0.25, 0.3) is 5.91 Å². The standard InChI is InChI=1S/C14H18N2O2/c1-8(2)15-14(17)13-9(3)16-12-6-5-10(18-4)7-11(12)13/h5-8,16H,1-4H3,(H,15,17). The first kappa shape index (κ1) is 12.5. The first-order chi connectivity index (χ1) is 8.52. The van der Waals surface area contributed by atoms with Gasteiger partial charge in [-0.2, -0.15) is 0 Å². The van der Waals surface area contributed by atoms with Gasteiger partial charge in [0.15, 0.2) is 0 Å². The highest BCUT2D eigenvalue weighted by atomic mass is 16.5. The highest BCUT2D eigenvalue weighted by Gasteiger charge is 2.16. The summed E-state index contributed by atoms with van der Waals surface area (Å²) >= 11 is 0. The smallest absolute Gasteiger partial charge is 0.253 e. The van der Waals surface area contributed by atoms with Gasteiger partial charge in [-0.05, 0) is 39.0 Å². The number of benzene rings is 1. The van der Waals surface area contributed by atoms with Gasteiger partial charge in [-0.1, -0.05) is 0 Å². The third-order valence-electron chi connectivity index (χ3n) is 2.84. The Morgan fingerprint density at radius 1 is 1.39 bits per heavy atom. The minimum Gasteiger partial charge on any atom is -0.497 e. The van der Waals surface area contributed by atoms with Gasteiger partial charge >= 0.3 is 0 Å². The second-order valence-electron chi connectivity index (χ2n) is 4.66. The maximum Gasteiger partial charge on any atom is 0.253 e. The zero-order valence-electron chi connectivity index (χ0n) is 11.1. The van der Waals surface area contributed by atoms with Crippen molar-refractivity contribution in [3.05, 3.63) is 29.5 Å². The van der Waals surface area contributed by atoms with Crippen LogP contribution < -0.4 is 10.1 Å². The lowest BCUT2D eigenvalue weighted by atomic mass is 10.1. The van der Waals surface area contributed by atoms with Crippen LogP contribution in [0.25, 0.3) is 10.9 Å². The minimum atomic E-state index is -0.0537. The monoisotopic (exact) mass is 246 g/mol. The van der Waals surface area contributed by atoms with E-state index in [1.54, 1.807) is 7.11 Å². The highest BCUT2D eigenvalue weighted by Crippen LogP contribution is 2.26. The third kappa shape index (κ3) is 2.18. The number of methoxy groups -OCH3 is 1. The number of aromatic amines is 1. The van der Waals surface area contributed by atoms with Gasteiger partial charge in [-0.25, -0.2) is 0 Å². The summed E-state index contributed by atoms with van der Waals surface area (Å²) in [4.78, 5) is 15.4. The molecule has 0 aliphatic heterocycles. The lowest BCUT2D eigenvalue weighted by Gasteiger charge is -2.08. The summed E-state index contributed by atoms with van der Waals surface area (Å²) in [5.41, 5.74) is 2.51. The number of H-pyrrole nitrogens is 1. The van der Waals surface area contributed by atoms with E-state index in [1.807, 2.05) is 39.0 Å². The Labute approximate surface area is 106 Å². The largest absolute Gasteiger partial charge is 0.497 e. The molecule has 0 aliphatic carbocycles. The molecule has 4 nitrogen and oxygen atoms in total. The molecule has 1 aromatic carbocycles. The molecule has 0 saturated carbocycles. The number of hydrogen-bond donors (Lipinski definition) is 2. The molecule has 0 atom stereocenters. The van der Waals surface area contributed by atoms with Crippen molar-refractivity contribution in [3.8, 4) is 5.75 Å². The Kier molecular flexibility index (Phi) is 3.28. The summed E-state index contributed by atoms with van der Waals surface area (Å²) in [5.74, 6) is 0.696. The van der Waals surface area contributed by atoms with Gasteiger partial charge < -0.3 is 15.0 Å². The van der Waals surface area contributed by atoms with E-state index in [-0.39, 0.29) is 11.9 Å². The second-order valence-corrected chi connectivity index (χ2v) is 4.66. The molecule has 0 saturated heterocycles. The van der Waals surface area contributed by atoms with Crippen molar-refractivity contribution in [2.75, 3.05) is 7.11 Å². The number of aryl methyl sites for hydroxylation is 1. The molecule has 1 aromatic heterocycles. The normalized spacial score (nSPS) is 10.9. The Hall–Kier alpha value is -1.97. The molecule has 2 rings (SSSR count). The van der Waals surface area contributed by atoms with Gasteiger partial charge in [0.05, 0.1) is 12.7 Å². The van der Waals surface area contributed by atoms with Crippen LogP contribution in [0.4, 0.5) is 0 Å². The fourth-order valence-electron chi connectivity index (χ4n) is 2.06. The van der Waals surface area contributed by atoms with Gasteiger partial charge in [0.1, 0.15) is 5.75 Å². The molecule has 0 spiro atoms. The van der Waals surface area contributed by atoms with Crippen LogP contribution in [0, 0.1) is 6.92 Å². The zero-order chi connectivity index (χ0) is 13.3. The van der Waals surface area contributed by atoms with E-state index in [1.165, 1.54) is 0 Å².